The van der Waals surface area contributed by atoms with Crippen LogP contribution in [-0.2, 0) is 0 Å². The predicted molar refractivity (Wildman–Crippen MR) is 101 cm³/mol. The largest absolute Gasteiger partial charge is 0.478 e. The number of nitrogens with zero attached hydrogens (tertiary/aromatic N) is 1. The molecule has 7 heteroatoms. The third kappa shape index (κ3) is 4.54. The number of carbonyl (C=O) groups excluding carboxylic acids is 2. The van der Waals surface area contributed by atoms with Crippen molar-refractivity contribution in [2.75, 3.05) is 13.1 Å². The van der Waals surface area contributed by atoms with Crippen molar-refractivity contribution < 1.29 is 23.9 Å². The Labute approximate surface area is 162 Å². The lowest BCUT2D eigenvalue weighted by molar-refractivity contribution is 0.0695. The highest BCUT2D eigenvalue weighted by Crippen LogP contribution is 2.17. The zero-order valence-electron chi connectivity index (χ0n) is 15.4. The van der Waals surface area contributed by atoms with Crippen LogP contribution in [0.1, 0.15) is 49.5 Å². The van der Waals surface area contributed by atoms with E-state index in [1.807, 2.05) is 0 Å². The quantitative estimate of drug-likeness (QED) is 0.849. The summed E-state index contributed by atoms with van der Waals surface area (Å²) in [7, 11) is 0. The Bertz CT molecular complexity index is 903. The maximum Gasteiger partial charge on any atom is 0.335 e. The van der Waals surface area contributed by atoms with Gasteiger partial charge in [-0.15, -0.1) is 0 Å². The highest BCUT2D eigenvalue weighted by Gasteiger charge is 2.25. The molecular weight excluding hydrogens is 363 g/mol. The lowest BCUT2D eigenvalue weighted by Gasteiger charge is -2.32. The van der Waals surface area contributed by atoms with E-state index in [9.17, 15) is 18.8 Å². The van der Waals surface area contributed by atoms with Crippen LogP contribution in [0.25, 0.3) is 0 Å². The molecule has 1 aliphatic heterocycles. The van der Waals surface area contributed by atoms with Gasteiger partial charge >= 0.3 is 5.97 Å². The van der Waals surface area contributed by atoms with Gasteiger partial charge in [-0.3, -0.25) is 9.59 Å². The molecule has 1 saturated heterocycles. The van der Waals surface area contributed by atoms with Gasteiger partial charge < -0.3 is 15.3 Å². The summed E-state index contributed by atoms with van der Waals surface area (Å²) in [5.41, 5.74) is 1.54. The third-order valence-electron chi connectivity index (χ3n) is 4.80. The fourth-order valence-corrected chi connectivity index (χ4v) is 3.31. The van der Waals surface area contributed by atoms with Crippen LogP contribution >= 0.6 is 0 Å². The Kier molecular flexibility index (Phi) is 5.73. The molecule has 1 heterocycles. The molecule has 2 amide bonds. The van der Waals surface area contributed by atoms with Crippen LogP contribution in [0.2, 0.25) is 0 Å². The highest BCUT2D eigenvalue weighted by molar-refractivity contribution is 5.98. The van der Waals surface area contributed by atoms with Gasteiger partial charge in [0.1, 0.15) is 5.82 Å². The smallest absolute Gasteiger partial charge is 0.335 e. The number of hydrogen-bond acceptors (Lipinski definition) is 3. The van der Waals surface area contributed by atoms with Gasteiger partial charge in [0, 0.05) is 30.3 Å². The van der Waals surface area contributed by atoms with Crippen molar-refractivity contribution in [2.45, 2.75) is 25.8 Å². The van der Waals surface area contributed by atoms with Gasteiger partial charge in [0.2, 0.25) is 0 Å². The summed E-state index contributed by atoms with van der Waals surface area (Å²) in [5, 5.41) is 12.1. The van der Waals surface area contributed by atoms with Gasteiger partial charge in [0.25, 0.3) is 11.8 Å². The van der Waals surface area contributed by atoms with E-state index in [2.05, 4.69) is 5.32 Å². The maximum absolute atomic E-state index is 13.0. The minimum atomic E-state index is -1.07. The molecule has 1 aliphatic rings. The van der Waals surface area contributed by atoms with Crippen molar-refractivity contribution in [3.05, 3.63) is 70.5 Å². The summed E-state index contributed by atoms with van der Waals surface area (Å²) in [4.78, 5) is 37.8. The number of rotatable bonds is 4. The number of benzene rings is 2. The normalized spacial score (nSPS) is 14.6. The standard InChI is InChI=1S/C21H21FN2O4/c1-13-10-15(12-16(11-13)21(27)28)20(26)24-8-6-18(7-9-24)23-19(25)14-2-4-17(22)5-3-14/h2-5,10-12,18H,6-9H2,1H3,(H,23,25)(H,27,28). The second kappa shape index (κ2) is 8.21. The molecule has 1 fully saturated rings. The van der Waals surface area contributed by atoms with Crippen molar-refractivity contribution in [2.24, 2.45) is 0 Å². The van der Waals surface area contributed by atoms with E-state index in [-0.39, 0.29) is 23.4 Å². The van der Waals surface area contributed by atoms with Crippen LogP contribution in [0.3, 0.4) is 0 Å². The fraction of sp³-hybridized carbons (Fsp3) is 0.286. The van der Waals surface area contributed by atoms with Gasteiger partial charge in [0.15, 0.2) is 0 Å². The molecule has 146 valence electrons. The second-order valence-electron chi connectivity index (χ2n) is 6.94. The molecular formula is C21H21FN2O4. The van der Waals surface area contributed by atoms with Gasteiger partial charge in [0.05, 0.1) is 5.56 Å². The Morgan fingerprint density at radius 3 is 2.21 bits per heavy atom. The Morgan fingerprint density at radius 1 is 1.00 bits per heavy atom. The first-order chi connectivity index (χ1) is 13.3. The van der Waals surface area contributed by atoms with Crippen molar-refractivity contribution >= 4 is 17.8 Å². The summed E-state index contributed by atoms with van der Waals surface area (Å²) in [6.07, 6.45) is 1.19. The summed E-state index contributed by atoms with van der Waals surface area (Å²) in [6, 6.07) is 9.86. The van der Waals surface area contributed by atoms with Crippen LogP contribution in [-0.4, -0.2) is 46.9 Å². The van der Waals surface area contributed by atoms with Crippen molar-refractivity contribution in [1.82, 2.24) is 10.2 Å². The van der Waals surface area contributed by atoms with Gasteiger partial charge in [-0.05, 0) is 67.8 Å². The van der Waals surface area contributed by atoms with E-state index in [0.29, 0.717) is 42.6 Å². The Hall–Kier alpha value is -3.22. The number of halogens is 1. The van der Waals surface area contributed by atoms with E-state index < -0.39 is 11.8 Å². The molecule has 0 unspecified atom stereocenters. The summed E-state index contributed by atoms with van der Waals surface area (Å²) >= 11 is 0. The lowest BCUT2D eigenvalue weighted by Crippen LogP contribution is -2.46. The number of likely N-dealkylation sites (tertiary alicyclic amines) is 1. The first-order valence-corrected chi connectivity index (χ1v) is 9.04. The number of carbonyl (C=O) groups is 3. The molecule has 0 saturated carbocycles. The zero-order valence-corrected chi connectivity index (χ0v) is 15.4. The van der Waals surface area contributed by atoms with Gasteiger partial charge in [-0.25, -0.2) is 9.18 Å². The van der Waals surface area contributed by atoms with E-state index in [4.69, 9.17) is 5.11 Å². The Morgan fingerprint density at radius 2 is 1.61 bits per heavy atom. The second-order valence-corrected chi connectivity index (χ2v) is 6.94. The maximum atomic E-state index is 13.0. The van der Waals surface area contributed by atoms with Crippen LogP contribution in [0.4, 0.5) is 4.39 Å². The van der Waals surface area contributed by atoms with Crippen LogP contribution in [0.5, 0.6) is 0 Å². The number of nitrogens with one attached hydrogen (secondary N) is 1. The molecule has 2 aromatic carbocycles. The number of piperidine rings is 1. The molecule has 0 atom stereocenters. The van der Waals surface area contributed by atoms with E-state index >= 15 is 0 Å². The topological polar surface area (TPSA) is 86.7 Å². The van der Waals surface area contributed by atoms with Gasteiger partial charge in [-0.1, -0.05) is 0 Å². The minimum absolute atomic E-state index is 0.0753. The average Bonchev–Trinajstić information content (AvgIpc) is 2.68. The minimum Gasteiger partial charge on any atom is -0.478 e. The molecule has 28 heavy (non-hydrogen) atoms. The molecule has 2 aromatic rings. The lowest BCUT2D eigenvalue weighted by atomic mass is 10.0. The number of carboxylic acids is 1. The number of aryl methyl sites for hydroxylation is 1. The monoisotopic (exact) mass is 384 g/mol. The molecule has 0 aromatic heterocycles. The van der Waals surface area contributed by atoms with E-state index in [1.165, 1.54) is 36.4 Å². The molecule has 0 radical (unpaired) electrons. The zero-order chi connectivity index (χ0) is 20.3. The molecule has 2 N–H and O–H groups in total. The molecule has 3 rings (SSSR count). The number of amides is 2. The summed E-state index contributed by atoms with van der Waals surface area (Å²) < 4.78 is 13.0. The average molecular weight is 384 g/mol. The SMILES string of the molecule is Cc1cc(C(=O)O)cc(C(=O)N2CCC(NC(=O)c3ccc(F)cc3)CC2)c1. The highest BCUT2D eigenvalue weighted by atomic mass is 19.1. The Balaban J connectivity index is 1.59. The third-order valence-corrected chi connectivity index (χ3v) is 4.80. The van der Waals surface area contributed by atoms with E-state index in [0.717, 1.165) is 0 Å². The van der Waals surface area contributed by atoms with E-state index in [1.54, 1.807) is 17.9 Å². The summed E-state index contributed by atoms with van der Waals surface area (Å²) in [6.45, 7) is 2.67. The molecule has 0 spiro atoms. The number of aromatic carboxylic acids is 1. The fourth-order valence-electron chi connectivity index (χ4n) is 3.31. The van der Waals surface area contributed by atoms with Crippen molar-refractivity contribution in [1.29, 1.82) is 0 Å². The van der Waals surface area contributed by atoms with Crippen LogP contribution < -0.4 is 5.32 Å². The van der Waals surface area contributed by atoms with Crippen LogP contribution in [0.15, 0.2) is 42.5 Å². The molecule has 6 nitrogen and oxygen atoms in total. The van der Waals surface area contributed by atoms with Crippen molar-refractivity contribution in [3.63, 3.8) is 0 Å². The molecule has 0 bridgehead atoms. The summed E-state index contributed by atoms with van der Waals surface area (Å²) in [5.74, 6) is -1.95. The van der Waals surface area contributed by atoms with Crippen LogP contribution in [0, 0.1) is 12.7 Å². The first kappa shape index (κ1) is 19.5. The van der Waals surface area contributed by atoms with Gasteiger partial charge in [-0.2, -0.15) is 0 Å². The molecule has 0 aliphatic carbocycles. The number of carboxylic acid groups (broad SMARTS) is 1. The number of hydrogen-bond donors (Lipinski definition) is 2. The first-order valence-electron chi connectivity index (χ1n) is 9.04. The predicted octanol–water partition coefficient (Wildman–Crippen LogP) is 2.87. The van der Waals surface area contributed by atoms with Crippen molar-refractivity contribution in [3.8, 4) is 0 Å².